The Kier molecular flexibility index (Phi) is 3.90. The molecule has 0 bridgehead atoms. The first-order valence-corrected chi connectivity index (χ1v) is 7.29. The number of benzene rings is 1. The number of piperazine rings is 1. The van der Waals surface area contributed by atoms with Crippen LogP contribution in [0, 0.1) is 6.92 Å². The maximum absolute atomic E-state index is 6.15. The molecule has 104 valence electrons. The minimum absolute atomic E-state index is 0.778. The highest BCUT2D eigenvalue weighted by molar-refractivity contribution is 6.30. The highest BCUT2D eigenvalue weighted by Gasteiger charge is 2.12. The van der Waals surface area contributed by atoms with E-state index in [1.54, 1.807) is 0 Å². The van der Waals surface area contributed by atoms with E-state index in [1.807, 2.05) is 24.4 Å². The minimum Gasteiger partial charge on any atom is -0.354 e. The standard InChI is InChI=1S/C16H18ClN3/c1-12-8-14(10-15(17)9-12)13-2-3-19-16(11-13)20-6-4-18-5-7-20/h2-3,8-11,18H,4-7H2,1H3. The van der Waals surface area contributed by atoms with Gasteiger partial charge in [-0.15, -0.1) is 0 Å². The van der Waals surface area contributed by atoms with E-state index in [2.05, 4.69) is 34.3 Å². The van der Waals surface area contributed by atoms with Gasteiger partial charge in [0.1, 0.15) is 5.82 Å². The van der Waals surface area contributed by atoms with Crippen LogP contribution in [0.5, 0.6) is 0 Å². The summed E-state index contributed by atoms with van der Waals surface area (Å²) in [5, 5.41) is 4.14. The molecule has 0 amide bonds. The van der Waals surface area contributed by atoms with Crippen molar-refractivity contribution in [2.75, 3.05) is 31.1 Å². The maximum atomic E-state index is 6.15. The van der Waals surface area contributed by atoms with E-state index in [4.69, 9.17) is 11.6 Å². The number of nitrogens with zero attached hydrogens (tertiary/aromatic N) is 2. The fourth-order valence-corrected chi connectivity index (χ4v) is 2.86. The molecule has 1 aliphatic rings. The van der Waals surface area contributed by atoms with Crippen LogP contribution in [-0.4, -0.2) is 31.2 Å². The molecule has 0 spiro atoms. The van der Waals surface area contributed by atoms with Gasteiger partial charge in [0.05, 0.1) is 0 Å². The van der Waals surface area contributed by atoms with Crippen LogP contribution in [-0.2, 0) is 0 Å². The molecule has 1 aromatic carbocycles. The van der Waals surface area contributed by atoms with Crippen molar-refractivity contribution in [2.24, 2.45) is 0 Å². The first kappa shape index (κ1) is 13.4. The van der Waals surface area contributed by atoms with Crippen molar-refractivity contribution in [2.45, 2.75) is 6.92 Å². The van der Waals surface area contributed by atoms with Crippen molar-refractivity contribution >= 4 is 17.4 Å². The van der Waals surface area contributed by atoms with Gasteiger partial charge < -0.3 is 10.2 Å². The molecule has 1 saturated heterocycles. The summed E-state index contributed by atoms with van der Waals surface area (Å²) in [5.41, 5.74) is 3.49. The van der Waals surface area contributed by atoms with Crippen LogP contribution in [0.3, 0.4) is 0 Å². The zero-order chi connectivity index (χ0) is 13.9. The van der Waals surface area contributed by atoms with Gasteiger partial charge in [-0.1, -0.05) is 17.7 Å². The van der Waals surface area contributed by atoms with E-state index in [-0.39, 0.29) is 0 Å². The average Bonchev–Trinajstić information content (AvgIpc) is 2.47. The zero-order valence-electron chi connectivity index (χ0n) is 11.6. The largest absolute Gasteiger partial charge is 0.354 e. The predicted molar refractivity (Wildman–Crippen MR) is 84.5 cm³/mol. The van der Waals surface area contributed by atoms with E-state index < -0.39 is 0 Å². The van der Waals surface area contributed by atoms with Gasteiger partial charge in [-0.25, -0.2) is 4.98 Å². The second-order valence-corrected chi connectivity index (χ2v) is 5.59. The molecule has 1 N–H and O–H groups in total. The molecule has 1 aromatic heterocycles. The number of aromatic nitrogens is 1. The number of halogens is 1. The van der Waals surface area contributed by atoms with E-state index >= 15 is 0 Å². The second kappa shape index (κ2) is 5.81. The molecule has 1 fully saturated rings. The first-order valence-electron chi connectivity index (χ1n) is 6.92. The molecule has 0 atom stereocenters. The molecule has 3 rings (SSSR count). The Morgan fingerprint density at radius 1 is 1.10 bits per heavy atom. The van der Waals surface area contributed by atoms with Crippen molar-refractivity contribution < 1.29 is 0 Å². The Balaban J connectivity index is 1.93. The summed E-state index contributed by atoms with van der Waals surface area (Å²) >= 11 is 6.15. The van der Waals surface area contributed by atoms with Crippen molar-refractivity contribution in [1.29, 1.82) is 0 Å². The molecule has 2 aromatic rings. The number of rotatable bonds is 2. The van der Waals surface area contributed by atoms with Crippen LogP contribution in [0.2, 0.25) is 5.02 Å². The summed E-state index contributed by atoms with van der Waals surface area (Å²) in [4.78, 5) is 6.82. The molecule has 0 radical (unpaired) electrons. The van der Waals surface area contributed by atoms with Crippen LogP contribution in [0.15, 0.2) is 36.5 Å². The smallest absolute Gasteiger partial charge is 0.129 e. The Hall–Kier alpha value is -1.58. The van der Waals surface area contributed by atoms with E-state index in [1.165, 1.54) is 11.1 Å². The number of hydrogen-bond donors (Lipinski definition) is 1. The number of hydrogen-bond acceptors (Lipinski definition) is 3. The summed E-state index contributed by atoms with van der Waals surface area (Å²) in [7, 11) is 0. The van der Waals surface area contributed by atoms with Gasteiger partial charge in [0.2, 0.25) is 0 Å². The normalized spacial score (nSPS) is 15.4. The maximum Gasteiger partial charge on any atom is 0.129 e. The van der Waals surface area contributed by atoms with E-state index in [0.29, 0.717) is 0 Å². The second-order valence-electron chi connectivity index (χ2n) is 5.16. The average molecular weight is 288 g/mol. The summed E-state index contributed by atoms with van der Waals surface area (Å²) < 4.78 is 0. The van der Waals surface area contributed by atoms with Gasteiger partial charge in [-0.3, -0.25) is 0 Å². The molecule has 0 unspecified atom stereocenters. The fraction of sp³-hybridized carbons (Fsp3) is 0.312. The van der Waals surface area contributed by atoms with Gasteiger partial charge in [-0.2, -0.15) is 0 Å². The van der Waals surface area contributed by atoms with Gasteiger partial charge in [-0.05, 0) is 47.9 Å². The molecule has 3 nitrogen and oxygen atoms in total. The van der Waals surface area contributed by atoms with E-state index in [9.17, 15) is 0 Å². The Labute approximate surface area is 124 Å². The molecular weight excluding hydrogens is 270 g/mol. The van der Waals surface area contributed by atoms with Gasteiger partial charge in [0.25, 0.3) is 0 Å². The van der Waals surface area contributed by atoms with Crippen LogP contribution >= 0.6 is 11.6 Å². The van der Waals surface area contributed by atoms with Crippen molar-refractivity contribution in [3.63, 3.8) is 0 Å². The zero-order valence-corrected chi connectivity index (χ0v) is 12.3. The van der Waals surface area contributed by atoms with Crippen LogP contribution in [0.4, 0.5) is 5.82 Å². The first-order chi connectivity index (χ1) is 9.72. The van der Waals surface area contributed by atoms with E-state index in [0.717, 1.165) is 42.6 Å². The molecule has 4 heteroatoms. The summed E-state index contributed by atoms with van der Waals surface area (Å²) in [6, 6.07) is 10.3. The summed E-state index contributed by atoms with van der Waals surface area (Å²) in [6.45, 7) is 6.11. The quantitative estimate of drug-likeness (QED) is 0.920. The molecule has 1 aliphatic heterocycles. The van der Waals surface area contributed by atoms with Gasteiger partial charge in [0.15, 0.2) is 0 Å². The number of anilines is 1. The fourth-order valence-electron chi connectivity index (χ4n) is 2.57. The lowest BCUT2D eigenvalue weighted by Gasteiger charge is -2.28. The third-order valence-corrected chi connectivity index (χ3v) is 3.78. The Morgan fingerprint density at radius 3 is 2.65 bits per heavy atom. The van der Waals surface area contributed by atoms with Crippen LogP contribution < -0.4 is 10.2 Å². The lowest BCUT2D eigenvalue weighted by Crippen LogP contribution is -2.43. The molecule has 2 heterocycles. The molecule has 20 heavy (non-hydrogen) atoms. The molecule has 0 saturated carbocycles. The SMILES string of the molecule is Cc1cc(Cl)cc(-c2ccnc(N3CCNCC3)c2)c1. The number of nitrogens with one attached hydrogen (secondary N) is 1. The summed E-state index contributed by atoms with van der Waals surface area (Å²) in [6.07, 6.45) is 1.88. The summed E-state index contributed by atoms with van der Waals surface area (Å²) in [5.74, 6) is 1.04. The van der Waals surface area contributed by atoms with Crippen molar-refractivity contribution in [3.8, 4) is 11.1 Å². The Bertz CT molecular complexity index is 586. The third-order valence-electron chi connectivity index (χ3n) is 3.56. The lowest BCUT2D eigenvalue weighted by atomic mass is 10.0. The predicted octanol–water partition coefficient (Wildman–Crippen LogP) is 3.12. The molecular formula is C16H18ClN3. The van der Waals surface area contributed by atoms with Crippen LogP contribution in [0.1, 0.15) is 5.56 Å². The highest BCUT2D eigenvalue weighted by Crippen LogP contribution is 2.26. The van der Waals surface area contributed by atoms with Crippen molar-refractivity contribution in [1.82, 2.24) is 10.3 Å². The number of aryl methyl sites for hydroxylation is 1. The number of pyridine rings is 1. The third kappa shape index (κ3) is 2.94. The van der Waals surface area contributed by atoms with Gasteiger partial charge in [0, 0.05) is 37.4 Å². The van der Waals surface area contributed by atoms with Crippen molar-refractivity contribution in [3.05, 3.63) is 47.1 Å². The monoisotopic (exact) mass is 287 g/mol. The topological polar surface area (TPSA) is 28.2 Å². The Morgan fingerprint density at radius 2 is 1.90 bits per heavy atom. The van der Waals surface area contributed by atoms with Gasteiger partial charge >= 0.3 is 0 Å². The lowest BCUT2D eigenvalue weighted by molar-refractivity contribution is 0.585. The minimum atomic E-state index is 0.778. The molecule has 0 aliphatic carbocycles. The van der Waals surface area contributed by atoms with Crippen LogP contribution in [0.25, 0.3) is 11.1 Å². The highest BCUT2D eigenvalue weighted by atomic mass is 35.5.